The minimum Gasteiger partial charge on any atom is -0.480 e. The van der Waals surface area contributed by atoms with E-state index >= 15 is 0 Å². The highest BCUT2D eigenvalue weighted by atomic mass is 32.1. The summed E-state index contributed by atoms with van der Waals surface area (Å²) in [5.74, 6) is -0.806. The van der Waals surface area contributed by atoms with Crippen LogP contribution in [-0.4, -0.2) is 64.1 Å². The summed E-state index contributed by atoms with van der Waals surface area (Å²) in [6.45, 7) is 8.83. The monoisotopic (exact) mass is 382 g/mol. The molecule has 146 valence electrons. The number of aromatic nitrogens is 1. The average molecular weight is 383 g/mol. The van der Waals surface area contributed by atoms with Gasteiger partial charge in [-0.25, -0.2) is 9.78 Å². The lowest BCUT2D eigenvalue weighted by Gasteiger charge is -2.42. The molecule has 2 rings (SSSR count). The van der Waals surface area contributed by atoms with Gasteiger partial charge in [-0.05, 0) is 39.7 Å². The summed E-state index contributed by atoms with van der Waals surface area (Å²) in [5.41, 5.74) is 0.995. The second kappa shape index (κ2) is 8.81. The number of amides is 2. The van der Waals surface area contributed by atoms with Crippen molar-refractivity contribution < 1.29 is 14.7 Å². The molecule has 1 fully saturated rings. The van der Waals surface area contributed by atoms with Gasteiger partial charge in [0.15, 0.2) is 0 Å². The van der Waals surface area contributed by atoms with Gasteiger partial charge in [0.2, 0.25) is 0 Å². The topological polar surface area (TPSA) is 85.8 Å². The van der Waals surface area contributed by atoms with Crippen molar-refractivity contribution in [2.75, 3.05) is 20.1 Å². The molecule has 0 spiro atoms. The van der Waals surface area contributed by atoms with Crippen LogP contribution in [0.3, 0.4) is 0 Å². The van der Waals surface area contributed by atoms with Gasteiger partial charge in [-0.3, -0.25) is 9.69 Å². The van der Waals surface area contributed by atoms with E-state index in [1.165, 1.54) is 0 Å². The molecule has 0 aliphatic heterocycles. The van der Waals surface area contributed by atoms with Crippen molar-refractivity contribution in [3.8, 4) is 0 Å². The van der Waals surface area contributed by atoms with Crippen LogP contribution in [0, 0.1) is 6.92 Å². The van der Waals surface area contributed by atoms with Gasteiger partial charge in [0, 0.05) is 24.0 Å². The fourth-order valence-electron chi connectivity index (χ4n) is 3.31. The number of carboxylic acids is 1. The first-order valence-electron chi connectivity index (χ1n) is 9.22. The van der Waals surface area contributed by atoms with Crippen LogP contribution in [0.25, 0.3) is 0 Å². The molecule has 1 aliphatic carbocycles. The summed E-state index contributed by atoms with van der Waals surface area (Å²) >= 11 is 1.67. The van der Waals surface area contributed by atoms with Crippen molar-refractivity contribution in [2.45, 2.75) is 65.1 Å². The van der Waals surface area contributed by atoms with E-state index in [4.69, 9.17) is 5.11 Å². The highest BCUT2D eigenvalue weighted by Crippen LogP contribution is 2.30. The molecule has 1 heterocycles. The maximum absolute atomic E-state index is 12.6. The van der Waals surface area contributed by atoms with Gasteiger partial charge >= 0.3 is 12.0 Å². The van der Waals surface area contributed by atoms with E-state index in [0.29, 0.717) is 6.54 Å². The smallest absolute Gasteiger partial charge is 0.317 e. The molecular formula is C18H30N4O3S. The van der Waals surface area contributed by atoms with E-state index in [1.54, 1.807) is 16.2 Å². The molecular weight excluding hydrogens is 352 g/mol. The number of hydrogen-bond donors (Lipinski definition) is 2. The van der Waals surface area contributed by atoms with Gasteiger partial charge in [0.05, 0.1) is 23.3 Å². The normalized spacial score (nSPS) is 20.5. The van der Waals surface area contributed by atoms with E-state index < -0.39 is 5.97 Å². The summed E-state index contributed by atoms with van der Waals surface area (Å²) < 4.78 is 0. The molecule has 0 radical (unpaired) electrons. The van der Waals surface area contributed by atoms with Crippen LogP contribution < -0.4 is 5.32 Å². The number of rotatable bonds is 8. The van der Waals surface area contributed by atoms with Crippen LogP contribution in [0.15, 0.2) is 0 Å². The molecule has 0 saturated heterocycles. The van der Waals surface area contributed by atoms with E-state index in [9.17, 15) is 9.59 Å². The van der Waals surface area contributed by atoms with E-state index in [0.717, 1.165) is 34.8 Å². The summed E-state index contributed by atoms with van der Waals surface area (Å²) in [6, 6.07) is 0.231. The number of nitrogens with one attached hydrogen (secondary N) is 1. The lowest BCUT2D eigenvalue weighted by molar-refractivity contribution is -0.139. The number of carbonyl (C=O) groups is 2. The van der Waals surface area contributed by atoms with Crippen molar-refractivity contribution in [1.82, 2.24) is 20.1 Å². The van der Waals surface area contributed by atoms with E-state index in [2.05, 4.69) is 17.2 Å². The highest BCUT2D eigenvalue weighted by molar-refractivity contribution is 7.11. The van der Waals surface area contributed by atoms with Crippen LogP contribution in [0.4, 0.5) is 4.79 Å². The molecule has 1 saturated carbocycles. The predicted octanol–water partition coefficient (Wildman–Crippen LogP) is 2.65. The SMILES string of the molecule is CCc1nc(C)c(C(C)N(C)C(=O)NC2CC(N(CC)CC(=O)O)C2)s1. The van der Waals surface area contributed by atoms with Crippen LogP contribution in [-0.2, 0) is 11.2 Å². The number of thiazole rings is 1. The number of likely N-dealkylation sites (N-methyl/N-ethyl adjacent to an activating group) is 1. The number of urea groups is 1. The molecule has 1 aromatic rings. The van der Waals surface area contributed by atoms with Crippen LogP contribution in [0.5, 0.6) is 0 Å². The third kappa shape index (κ3) is 4.73. The standard InChI is InChI=1S/C18H30N4O3S/c1-6-15-19-11(3)17(26-15)12(4)21(5)18(25)20-13-8-14(9-13)22(7-2)10-16(23)24/h12-14H,6-10H2,1-5H3,(H,20,25)(H,23,24). The average Bonchev–Trinajstić information content (AvgIpc) is 2.95. The Bertz CT molecular complexity index is 642. The van der Waals surface area contributed by atoms with Crippen LogP contribution in [0.2, 0.25) is 0 Å². The molecule has 7 nitrogen and oxygen atoms in total. The lowest BCUT2D eigenvalue weighted by Crippen LogP contribution is -2.56. The molecule has 0 aromatic carbocycles. The second-order valence-electron chi connectivity index (χ2n) is 6.93. The Balaban J connectivity index is 1.86. The largest absolute Gasteiger partial charge is 0.480 e. The first-order valence-corrected chi connectivity index (χ1v) is 10.0. The Morgan fingerprint density at radius 3 is 2.54 bits per heavy atom. The fourth-order valence-corrected chi connectivity index (χ4v) is 4.41. The number of carbonyl (C=O) groups excluding carboxylic acids is 1. The zero-order chi connectivity index (χ0) is 19.4. The number of aryl methyl sites for hydroxylation is 2. The maximum Gasteiger partial charge on any atom is 0.317 e. The zero-order valence-electron chi connectivity index (χ0n) is 16.3. The first kappa shape index (κ1) is 20.6. The molecule has 1 aromatic heterocycles. The molecule has 1 aliphatic rings. The quantitative estimate of drug-likeness (QED) is 0.722. The fraction of sp³-hybridized carbons (Fsp3) is 0.722. The predicted molar refractivity (Wildman–Crippen MR) is 103 cm³/mol. The van der Waals surface area contributed by atoms with Crippen molar-refractivity contribution in [2.24, 2.45) is 0 Å². The lowest BCUT2D eigenvalue weighted by atomic mass is 9.85. The van der Waals surface area contributed by atoms with E-state index in [-0.39, 0.29) is 30.7 Å². The van der Waals surface area contributed by atoms with Crippen molar-refractivity contribution in [3.63, 3.8) is 0 Å². The number of aliphatic carboxylic acids is 1. The third-order valence-electron chi connectivity index (χ3n) is 5.16. The minimum atomic E-state index is -0.806. The number of carboxylic acid groups (broad SMARTS) is 1. The van der Waals surface area contributed by atoms with Gasteiger partial charge in [0.25, 0.3) is 0 Å². The molecule has 2 amide bonds. The Hall–Kier alpha value is -1.67. The summed E-state index contributed by atoms with van der Waals surface area (Å²) in [7, 11) is 1.81. The Kier molecular flexibility index (Phi) is 7.00. The van der Waals surface area contributed by atoms with Gasteiger partial charge in [0.1, 0.15) is 0 Å². The first-order chi connectivity index (χ1) is 12.3. The highest BCUT2D eigenvalue weighted by Gasteiger charge is 2.35. The Labute approximate surface area is 159 Å². The zero-order valence-corrected chi connectivity index (χ0v) is 17.1. The van der Waals surface area contributed by atoms with Crippen molar-refractivity contribution in [3.05, 3.63) is 15.6 Å². The van der Waals surface area contributed by atoms with E-state index in [1.807, 2.05) is 32.7 Å². The Morgan fingerprint density at radius 2 is 2.04 bits per heavy atom. The number of hydrogen-bond acceptors (Lipinski definition) is 5. The summed E-state index contributed by atoms with van der Waals surface area (Å²) in [4.78, 5) is 32.8. The van der Waals surface area contributed by atoms with Crippen molar-refractivity contribution in [1.29, 1.82) is 0 Å². The molecule has 1 unspecified atom stereocenters. The number of nitrogens with zero attached hydrogens (tertiary/aromatic N) is 3. The second-order valence-corrected chi connectivity index (χ2v) is 8.04. The van der Waals surface area contributed by atoms with Crippen LogP contribution in [0.1, 0.15) is 55.2 Å². The molecule has 0 bridgehead atoms. The van der Waals surface area contributed by atoms with Gasteiger partial charge < -0.3 is 15.3 Å². The van der Waals surface area contributed by atoms with Gasteiger partial charge in [-0.1, -0.05) is 13.8 Å². The molecule has 8 heteroatoms. The third-order valence-corrected chi connectivity index (χ3v) is 6.63. The summed E-state index contributed by atoms with van der Waals surface area (Å²) in [5, 5.41) is 13.1. The molecule has 2 N–H and O–H groups in total. The summed E-state index contributed by atoms with van der Waals surface area (Å²) in [6.07, 6.45) is 2.51. The molecule has 26 heavy (non-hydrogen) atoms. The molecule has 1 atom stereocenters. The van der Waals surface area contributed by atoms with Gasteiger partial charge in [-0.2, -0.15) is 0 Å². The Morgan fingerprint density at radius 1 is 1.38 bits per heavy atom. The minimum absolute atomic E-state index is 0.0252. The van der Waals surface area contributed by atoms with Gasteiger partial charge in [-0.15, -0.1) is 11.3 Å². The van der Waals surface area contributed by atoms with Crippen molar-refractivity contribution >= 4 is 23.3 Å². The maximum atomic E-state index is 12.6. The van der Waals surface area contributed by atoms with Crippen LogP contribution >= 0.6 is 11.3 Å².